The van der Waals surface area contributed by atoms with Gasteiger partial charge in [0.2, 0.25) is 0 Å². The molecule has 0 saturated carbocycles. The van der Waals surface area contributed by atoms with Crippen molar-refractivity contribution < 1.29 is 0 Å². The van der Waals surface area contributed by atoms with E-state index in [4.69, 9.17) is 0 Å². The first-order chi connectivity index (χ1) is 7.36. The van der Waals surface area contributed by atoms with Crippen molar-refractivity contribution in [3.8, 4) is 0 Å². The number of rotatable bonds is 0. The lowest BCUT2D eigenvalue weighted by atomic mass is 10.1. The van der Waals surface area contributed by atoms with Crippen LogP contribution in [0.15, 0.2) is 28.2 Å². The molecule has 1 aromatic heterocycles. The third-order valence-electron chi connectivity index (χ3n) is 2.43. The third kappa shape index (κ3) is 1.25. The average molecular weight is 212 g/mol. The largest absolute Gasteiger partial charge is 0.234 e. The van der Waals surface area contributed by atoms with Crippen molar-refractivity contribution >= 4 is 45.4 Å². The fourth-order valence-electron chi connectivity index (χ4n) is 1.71. The zero-order valence-electron chi connectivity index (χ0n) is 8.19. The Morgan fingerprint density at radius 2 is 2.27 bits per heavy atom. The molecule has 0 bridgehead atoms. The number of aryl methyl sites for hydroxylation is 1. The molecule has 0 spiro atoms. The average Bonchev–Trinajstić information content (AvgIpc) is 2.45. The summed E-state index contributed by atoms with van der Waals surface area (Å²) in [6.07, 6.45) is 3.45. The maximum absolute atomic E-state index is 4.34. The maximum atomic E-state index is 4.34. The summed E-state index contributed by atoms with van der Waals surface area (Å²) in [5.74, 6) is 2.84. The Hall–Kier alpha value is -1.70. The van der Waals surface area contributed by atoms with Gasteiger partial charge in [0.1, 0.15) is 6.34 Å². The van der Waals surface area contributed by atoms with Crippen LogP contribution in [-0.2, 0) is 0 Å². The second-order valence-electron chi connectivity index (χ2n) is 3.41. The first kappa shape index (κ1) is 8.60. The predicted molar refractivity (Wildman–Crippen MR) is 66.6 cm³/mol. The van der Waals surface area contributed by atoms with Gasteiger partial charge in [-0.2, -0.15) is 4.99 Å². The molecular formula is C12H8N2S. The fraction of sp³-hybridized carbons (Fsp3) is 0.0833. The Morgan fingerprint density at radius 3 is 3.20 bits per heavy atom. The van der Waals surface area contributed by atoms with Crippen LogP contribution in [0.5, 0.6) is 0 Å². The minimum atomic E-state index is 1.02. The maximum Gasteiger partial charge on any atom is 0.126 e. The molecule has 0 radical (unpaired) electrons. The summed E-state index contributed by atoms with van der Waals surface area (Å²) in [4.78, 5) is 9.37. The van der Waals surface area contributed by atoms with Gasteiger partial charge in [0.05, 0.1) is 10.6 Å². The quantitative estimate of drug-likeness (QED) is 0.638. The number of hydrogen-bond donors (Lipinski definition) is 0. The van der Waals surface area contributed by atoms with Crippen LogP contribution in [0, 0.1) is 6.92 Å². The Kier molecular flexibility index (Phi) is 1.81. The lowest BCUT2D eigenvalue weighted by molar-refractivity contribution is 1.54. The van der Waals surface area contributed by atoms with Gasteiger partial charge in [0.15, 0.2) is 0 Å². The number of fused-ring (bicyclic) bond motifs is 3. The molecule has 1 aromatic carbocycles. The number of thiophene rings is 1. The number of aliphatic imine (C=N–C) groups is 2. The zero-order valence-corrected chi connectivity index (χ0v) is 9.01. The molecule has 1 aliphatic rings. The van der Waals surface area contributed by atoms with Crippen LogP contribution < -0.4 is 0 Å². The molecule has 15 heavy (non-hydrogen) atoms. The van der Waals surface area contributed by atoms with Gasteiger partial charge < -0.3 is 0 Å². The van der Waals surface area contributed by atoms with E-state index in [2.05, 4.69) is 41.0 Å². The van der Waals surface area contributed by atoms with Crippen molar-refractivity contribution in [2.45, 2.75) is 6.92 Å². The van der Waals surface area contributed by atoms with Crippen molar-refractivity contribution in [2.24, 2.45) is 9.98 Å². The summed E-state index contributed by atoms with van der Waals surface area (Å²) in [5, 5.41) is 1.21. The second-order valence-corrected chi connectivity index (χ2v) is 4.47. The summed E-state index contributed by atoms with van der Waals surface area (Å²) in [6.45, 7) is 2.12. The molecule has 0 saturated heterocycles. The van der Waals surface area contributed by atoms with Crippen LogP contribution in [0.25, 0.3) is 16.2 Å². The van der Waals surface area contributed by atoms with Crippen molar-refractivity contribution in [1.82, 2.24) is 0 Å². The van der Waals surface area contributed by atoms with E-state index >= 15 is 0 Å². The summed E-state index contributed by atoms with van der Waals surface area (Å²) in [7, 11) is 0. The molecule has 3 rings (SSSR count). The van der Waals surface area contributed by atoms with Gasteiger partial charge in [-0.1, -0.05) is 18.2 Å². The van der Waals surface area contributed by atoms with E-state index in [1.165, 1.54) is 15.6 Å². The molecule has 2 aromatic rings. The van der Waals surface area contributed by atoms with Crippen molar-refractivity contribution in [2.75, 3.05) is 0 Å². The number of nitrogens with zero attached hydrogens (tertiary/aromatic N) is 2. The predicted octanol–water partition coefficient (Wildman–Crippen LogP) is 3.57. The van der Waals surface area contributed by atoms with Gasteiger partial charge in [-0.15, -0.1) is 11.3 Å². The molecule has 0 atom stereocenters. The molecule has 0 amide bonds. The van der Waals surface area contributed by atoms with Crippen LogP contribution in [0.1, 0.15) is 10.4 Å². The van der Waals surface area contributed by atoms with Crippen LogP contribution in [0.3, 0.4) is 0 Å². The monoisotopic (exact) mass is 212 g/mol. The molecule has 0 aliphatic carbocycles. The van der Waals surface area contributed by atoms with Crippen LogP contribution >= 0.6 is 11.3 Å². The minimum absolute atomic E-state index is 1.02. The van der Waals surface area contributed by atoms with E-state index in [-0.39, 0.29) is 0 Å². The molecule has 0 unspecified atom stereocenters. The topological polar surface area (TPSA) is 24.7 Å². The van der Waals surface area contributed by atoms with E-state index in [1.807, 2.05) is 6.08 Å². The summed E-state index contributed by atoms with van der Waals surface area (Å²) in [5.41, 5.74) is 2.32. The van der Waals surface area contributed by atoms with E-state index in [0.29, 0.717) is 0 Å². The van der Waals surface area contributed by atoms with E-state index in [0.717, 1.165) is 10.6 Å². The summed E-state index contributed by atoms with van der Waals surface area (Å²) in [6, 6.07) is 6.30. The first-order valence-corrected chi connectivity index (χ1v) is 5.51. The van der Waals surface area contributed by atoms with Gasteiger partial charge in [-0.3, -0.25) is 0 Å². The summed E-state index contributed by atoms with van der Waals surface area (Å²) < 4.78 is 1.31. The van der Waals surface area contributed by atoms with Crippen LogP contribution in [0.4, 0.5) is 5.69 Å². The van der Waals surface area contributed by atoms with Gasteiger partial charge in [0.25, 0.3) is 0 Å². The summed E-state index contributed by atoms with van der Waals surface area (Å²) >= 11 is 1.75. The highest BCUT2D eigenvalue weighted by atomic mass is 32.1. The smallest absolute Gasteiger partial charge is 0.126 e. The Morgan fingerprint density at radius 1 is 1.33 bits per heavy atom. The molecule has 3 heteroatoms. The highest BCUT2D eigenvalue weighted by Gasteiger charge is 2.11. The number of hydrogen-bond acceptors (Lipinski definition) is 3. The second kappa shape index (κ2) is 3.16. The van der Waals surface area contributed by atoms with Crippen molar-refractivity contribution in [3.05, 3.63) is 28.6 Å². The van der Waals surface area contributed by atoms with E-state index < -0.39 is 0 Å². The van der Waals surface area contributed by atoms with E-state index in [9.17, 15) is 0 Å². The lowest BCUT2D eigenvalue weighted by Crippen LogP contribution is -1.70. The minimum Gasteiger partial charge on any atom is -0.234 e. The van der Waals surface area contributed by atoms with Gasteiger partial charge >= 0.3 is 0 Å². The van der Waals surface area contributed by atoms with Gasteiger partial charge in [-0.05, 0) is 18.4 Å². The standard InChI is InChI=1S/C12H8N2S/c1-8-3-2-4-9-11-10(15-12(8)9)5-6-13-7-14-11/h2-5,7H,1H3. The molecule has 0 fully saturated rings. The normalized spacial score (nSPS) is 13.1. The third-order valence-corrected chi connectivity index (χ3v) is 3.70. The SMILES string of the molecule is Cc1cccc2c3c(sc12)C=C=NC=N3. The molecule has 2 nitrogen and oxygen atoms in total. The Balaban J connectivity index is 2.47. The first-order valence-electron chi connectivity index (χ1n) is 4.69. The Labute approximate surface area is 91.3 Å². The van der Waals surface area contributed by atoms with Gasteiger partial charge in [0, 0.05) is 16.2 Å². The van der Waals surface area contributed by atoms with Crippen molar-refractivity contribution in [1.29, 1.82) is 0 Å². The van der Waals surface area contributed by atoms with E-state index in [1.54, 1.807) is 17.7 Å². The molecule has 2 heterocycles. The molecule has 0 N–H and O–H groups in total. The van der Waals surface area contributed by atoms with Crippen molar-refractivity contribution in [3.63, 3.8) is 0 Å². The van der Waals surface area contributed by atoms with Gasteiger partial charge in [-0.25, -0.2) is 4.99 Å². The molecule has 72 valence electrons. The lowest BCUT2D eigenvalue weighted by Gasteiger charge is -1.94. The zero-order chi connectivity index (χ0) is 10.3. The highest BCUT2D eigenvalue weighted by molar-refractivity contribution is 7.20. The van der Waals surface area contributed by atoms with Crippen LogP contribution in [0.2, 0.25) is 0 Å². The fourth-order valence-corrected chi connectivity index (χ4v) is 2.81. The molecular weight excluding hydrogens is 204 g/mol. The molecule has 1 aliphatic heterocycles. The Bertz CT molecular complexity index is 628. The van der Waals surface area contributed by atoms with Crippen LogP contribution in [-0.4, -0.2) is 12.2 Å². The highest BCUT2D eigenvalue weighted by Crippen LogP contribution is 2.40. The number of benzene rings is 1.